The lowest BCUT2D eigenvalue weighted by Gasteiger charge is -2.12. The van der Waals surface area contributed by atoms with Crippen LogP contribution in [-0.4, -0.2) is 16.6 Å². The highest BCUT2D eigenvalue weighted by molar-refractivity contribution is 5.72. The summed E-state index contributed by atoms with van der Waals surface area (Å²) in [6.07, 6.45) is 1.41. The molecule has 0 atom stereocenters. The Labute approximate surface area is 140 Å². The van der Waals surface area contributed by atoms with E-state index in [9.17, 15) is 0 Å². The molecule has 0 radical (unpaired) electrons. The highest BCUT2D eigenvalue weighted by Gasteiger charge is 2.10. The number of anilines is 3. The van der Waals surface area contributed by atoms with Gasteiger partial charge >= 0.3 is 0 Å². The molecule has 122 valence electrons. The zero-order valence-corrected chi connectivity index (χ0v) is 13.3. The summed E-state index contributed by atoms with van der Waals surface area (Å²) in [6.45, 7) is 2.58. The van der Waals surface area contributed by atoms with E-state index in [1.54, 1.807) is 0 Å². The predicted octanol–water partition coefficient (Wildman–Crippen LogP) is 3.99. The molecule has 1 aromatic heterocycles. The zero-order valence-electron chi connectivity index (χ0n) is 13.3. The summed E-state index contributed by atoms with van der Waals surface area (Å²) in [5.41, 5.74) is 7.30. The van der Waals surface area contributed by atoms with Crippen molar-refractivity contribution in [2.75, 3.05) is 17.7 Å². The molecule has 0 spiro atoms. The van der Waals surface area contributed by atoms with E-state index < -0.39 is 0 Å². The molecule has 6 nitrogen and oxygen atoms in total. The van der Waals surface area contributed by atoms with Crippen molar-refractivity contribution in [2.45, 2.75) is 6.92 Å². The van der Waals surface area contributed by atoms with Gasteiger partial charge in [0, 0.05) is 5.69 Å². The molecule has 1 heterocycles. The molecule has 0 aliphatic carbocycles. The maximum atomic E-state index is 6.12. The molecule has 0 unspecified atom stereocenters. The van der Waals surface area contributed by atoms with E-state index >= 15 is 0 Å². The van der Waals surface area contributed by atoms with E-state index in [0.717, 1.165) is 11.4 Å². The maximum absolute atomic E-state index is 6.12. The first kappa shape index (κ1) is 15.6. The fourth-order valence-corrected chi connectivity index (χ4v) is 2.10. The van der Waals surface area contributed by atoms with Crippen LogP contribution in [0.5, 0.6) is 17.4 Å². The third-order valence-electron chi connectivity index (χ3n) is 3.23. The number of ether oxygens (including phenoxy) is 2. The molecular weight excluding hydrogens is 304 g/mol. The van der Waals surface area contributed by atoms with Gasteiger partial charge in [-0.15, -0.1) is 0 Å². The number of para-hydroxylation sites is 1. The molecule has 3 N–H and O–H groups in total. The van der Waals surface area contributed by atoms with Crippen molar-refractivity contribution in [3.8, 4) is 17.4 Å². The third-order valence-corrected chi connectivity index (χ3v) is 3.23. The van der Waals surface area contributed by atoms with E-state index in [4.69, 9.17) is 15.2 Å². The Morgan fingerprint density at radius 3 is 2.42 bits per heavy atom. The average molecular weight is 322 g/mol. The van der Waals surface area contributed by atoms with Gasteiger partial charge in [0.2, 0.25) is 5.88 Å². The Morgan fingerprint density at radius 2 is 1.71 bits per heavy atom. The summed E-state index contributed by atoms with van der Waals surface area (Å²) >= 11 is 0. The van der Waals surface area contributed by atoms with E-state index in [0.29, 0.717) is 29.7 Å². The third kappa shape index (κ3) is 3.73. The molecule has 0 aliphatic heterocycles. The second kappa shape index (κ2) is 7.32. The quantitative estimate of drug-likeness (QED) is 0.714. The topological polar surface area (TPSA) is 82.3 Å². The number of nitrogens with one attached hydrogen (secondary N) is 1. The first-order valence-corrected chi connectivity index (χ1v) is 7.59. The van der Waals surface area contributed by atoms with Crippen LogP contribution < -0.4 is 20.5 Å². The summed E-state index contributed by atoms with van der Waals surface area (Å²) in [5, 5.41) is 3.16. The van der Waals surface area contributed by atoms with Gasteiger partial charge in [0.25, 0.3) is 0 Å². The van der Waals surface area contributed by atoms with Gasteiger partial charge < -0.3 is 20.5 Å². The lowest BCUT2D eigenvalue weighted by molar-refractivity contribution is 0.340. The predicted molar refractivity (Wildman–Crippen MR) is 93.9 cm³/mol. The SMILES string of the molecule is CCOc1ccc(Nc2ncnc(Oc3ccccc3)c2N)cc1. The van der Waals surface area contributed by atoms with Crippen LogP contribution in [0.1, 0.15) is 6.92 Å². The Morgan fingerprint density at radius 1 is 0.958 bits per heavy atom. The van der Waals surface area contributed by atoms with Crippen molar-refractivity contribution in [2.24, 2.45) is 0 Å². The summed E-state index contributed by atoms with van der Waals surface area (Å²) in [4.78, 5) is 8.27. The molecule has 0 bridgehead atoms. The Bertz CT molecular complexity index is 792. The number of rotatable bonds is 6. The lowest BCUT2D eigenvalue weighted by Crippen LogP contribution is -2.03. The second-order valence-corrected chi connectivity index (χ2v) is 4.94. The van der Waals surface area contributed by atoms with Crippen molar-refractivity contribution in [1.82, 2.24) is 9.97 Å². The van der Waals surface area contributed by atoms with Gasteiger partial charge in [0.1, 0.15) is 23.5 Å². The zero-order chi connectivity index (χ0) is 16.8. The van der Waals surface area contributed by atoms with Gasteiger partial charge in [-0.1, -0.05) is 18.2 Å². The minimum Gasteiger partial charge on any atom is -0.494 e. The van der Waals surface area contributed by atoms with Gasteiger partial charge in [-0.25, -0.2) is 4.98 Å². The van der Waals surface area contributed by atoms with Crippen molar-refractivity contribution in [1.29, 1.82) is 0 Å². The fourth-order valence-electron chi connectivity index (χ4n) is 2.10. The van der Waals surface area contributed by atoms with Crippen molar-refractivity contribution >= 4 is 17.2 Å². The largest absolute Gasteiger partial charge is 0.494 e. The molecule has 6 heteroatoms. The second-order valence-electron chi connectivity index (χ2n) is 4.94. The highest BCUT2D eigenvalue weighted by Crippen LogP contribution is 2.31. The minimum absolute atomic E-state index is 0.310. The molecule has 0 aliphatic rings. The number of hydrogen-bond acceptors (Lipinski definition) is 6. The van der Waals surface area contributed by atoms with Crippen molar-refractivity contribution in [3.05, 3.63) is 60.9 Å². The van der Waals surface area contributed by atoms with Crippen LogP contribution in [0.2, 0.25) is 0 Å². The molecule has 0 amide bonds. The maximum Gasteiger partial charge on any atom is 0.248 e. The Hall–Kier alpha value is -3.28. The number of nitrogens with zero attached hydrogens (tertiary/aromatic N) is 2. The molecule has 0 saturated carbocycles. The van der Waals surface area contributed by atoms with Crippen LogP contribution in [0.3, 0.4) is 0 Å². The molecule has 24 heavy (non-hydrogen) atoms. The Kier molecular flexibility index (Phi) is 4.76. The number of nitrogens with two attached hydrogens (primary N) is 1. The first-order chi connectivity index (χ1) is 11.8. The molecule has 3 rings (SSSR count). The van der Waals surface area contributed by atoms with Gasteiger partial charge in [0.15, 0.2) is 5.82 Å². The van der Waals surface area contributed by atoms with Gasteiger partial charge in [-0.2, -0.15) is 4.98 Å². The van der Waals surface area contributed by atoms with Crippen LogP contribution in [0.25, 0.3) is 0 Å². The minimum atomic E-state index is 0.310. The van der Waals surface area contributed by atoms with Gasteiger partial charge in [0.05, 0.1) is 6.61 Å². The molecule has 0 saturated heterocycles. The standard InChI is InChI=1S/C18H18N4O2/c1-2-23-14-10-8-13(9-11-14)22-17-16(19)18(21-12-20-17)24-15-6-4-3-5-7-15/h3-12H,2,19H2,1H3,(H,20,21,22). The number of hydrogen-bond donors (Lipinski definition) is 2. The molecule has 2 aromatic carbocycles. The number of benzene rings is 2. The van der Waals surface area contributed by atoms with E-state index in [1.165, 1.54) is 6.33 Å². The lowest BCUT2D eigenvalue weighted by atomic mass is 10.3. The molecule has 0 fully saturated rings. The molecular formula is C18H18N4O2. The first-order valence-electron chi connectivity index (χ1n) is 7.59. The fraction of sp³-hybridized carbons (Fsp3) is 0.111. The van der Waals surface area contributed by atoms with E-state index in [-0.39, 0.29) is 0 Å². The van der Waals surface area contributed by atoms with Gasteiger partial charge in [-0.3, -0.25) is 0 Å². The smallest absolute Gasteiger partial charge is 0.248 e. The number of aromatic nitrogens is 2. The van der Waals surface area contributed by atoms with Gasteiger partial charge in [-0.05, 0) is 43.3 Å². The highest BCUT2D eigenvalue weighted by atomic mass is 16.5. The summed E-state index contributed by atoms with van der Waals surface area (Å²) in [6, 6.07) is 16.9. The van der Waals surface area contributed by atoms with Crippen LogP contribution in [-0.2, 0) is 0 Å². The molecule has 3 aromatic rings. The van der Waals surface area contributed by atoms with Crippen molar-refractivity contribution < 1.29 is 9.47 Å². The van der Waals surface area contributed by atoms with Crippen LogP contribution >= 0.6 is 0 Å². The average Bonchev–Trinajstić information content (AvgIpc) is 2.61. The monoisotopic (exact) mass is 322 g/mol. The van der Waals surface area contributed by atoms with Crippen LogP contribution in [0.15, 0.2) is 60.9 Å². The van der Waals surface area contributed by atoms with Crippen molar-refractivity contribution in [3.63, 3.8) is 0 Å². The normalized spacial score (nSPS) is 10.2. The van der Waals surface area contributed by atoms with E-state index in [1.807, 2.05) is 61.5 Å². The van der Waals surface area contributed by atoms with Crippen LogP contribution in [0.4, 0.5) is 17.2 Å². The summed E-state index contributed by atoms with van der Waals surface area (Å²) < 4.78 is 11.1. The summed E-state index contributed by atoms with van der Waals surface area (Å²) in [7, 11) is 0. The Balaban J connectivity index is 1.77. The van der Waals surface area contributed by atoms with Crippen LogP contribution in [0, 0.1) is 0 Å². The van der Waals surface area contributed by atoms with E-state index in [2.05, 4.69) is 15.3 Å². The summed E-state index contributed by atoms with van der Waals surface area (Å²) in [5.74, 6) is 2.27. The number of nitrogen functional groups attached to an aromatic ring is 1.